The summed E-state index contributed by atoms with van der Waals surface area (Å²) in [7, 11) is 0. The summed E-state index contributed by atoms with van der Waals surface area (Å²) in [6.07, 6.45) is 4.94. The standard InChI is InChI=1S/C17H20FN/c1-2-3-4-5-14-6-10-16(11-7-14)19-17-12-8-15(18)9-13-17/h6-13,19H,2-5H2,1H3. The van der Waals surface area contributed by atoms with Gasteiger partial charge in [0.1, 0.15) is 5.82 Å². The molecule has 0 aliphatic heterocycles. The molecular weight excluding hydrogens is 237 g/mol. The van der Waals surface area contributed by atoms with Gasteiger partial charge in [-0.25, -0.2) is 4.39 Å². The average Bonchev–Trinajstić information content (AvgIpc) is 2.44. The molecule has 1 N–H and O–H groups in total. The molecule has 0 atom stereocenters. The van der Waals surface area contributed by atoms with Crippen molar-refractivity contribution in [3.63, 3.8) is 0 Å². The van der Waals surface area contributed by atoms with Crippen molar-refractivity contribution < 1.29 is 4.39 Å². The third-order valence-corrected chi connectivity index (χ3v) is 3.16. The van der Waals surface area contributed by atoms with E-state index in [1.807, 2.05) is 0 Å². The van der Waals surface area contributed by atoms with Crippen molar-refractivity contribution in [3.05, 3.63) is 59.9 Å². The van der Waals surface area contributed by atoms with Gasteiger partial charge in [-0.3, -0.25) is 0 Å². The molecule has 19 heavy (non-hydrogen) atoms. The Morgan fingerprint density at radius 1 is 0.842 bits per heavy atom. The number of benzene rings is 2. The third kappa shape index (κ3) is 4.40. The normalized spacial score (nSPS) is 10.4. The summed E-state index contributed by atoms with van der Waals surface area (Å²) in [5, 5.41) is 3.26. The molecule has 0 fully saturated rings. The van der Waals surface area contributed by atoms with Gasteiger partial charge in [0.15, 0.2) is 0 Å². The zero-order valence-corrected chi connectivity index (χ0v) is 11.3. The molecule has 0 saturated heterocycles. The lowest BCUT2D eigenvalue weighted by molar-refractivity contribution is 0.628. The van der Waals surface area contributed by atoms with Gasteiger partial charge in [-0.05, 0) is 54.8 Å². The minimum Gasteiger partial charge on any atom is -0.356 e. The van der Waals surface area contributed by atoms with E-state index in [0.29, 0.717) is 0 Å². The first-order chi connectivity index (χ1) is 9.28. The molecule has 0 heterocycles. The Balaban J connectivity index is 1.92. The van der Waals surface area contributed by atoms with Crippen LogP contribution in [0.1, 0.15) is 31.7 Å². The molecule has 0 saturated carbocycles. The van der Waals surface area contributed by atoms with Crippen molar-refractivity contribution in [1.82, 2.24) is 0 Å². The molecule has 100 valence electrons. The SMILES string of the molecule is CCCCCc1ccc(Nc2ccc(F)cc2)cc1. The van der Waals surface area contributed by atoms with Gasteiger partial charge in [0.2, 0.25) is 0 Å². The molecule has 0 unspecified atom stereocenters. The summed E-state index contributed by atoms with van der Waals surface area (Å²) < 4.78 is 12.8. The molecule has 2 aromatic rings. The fourth-order valence-electron chi connectivity index (χ4n) is 2.03. The van der Waals surface area contributed by atoms with E-state index in [9.17, 15) is 4.39 Å². The highest BCUT2D eigenvalue weighted by atomic mass is 19.1. The van der Waals surface area contributed by atoms with E-state index in [-0.39, 0.29) is 5.82 Å². The molecule has 2 heteroatoms. The van der Waals surface area contributed by atoms with Crippen LogP contribution in [-0.2, 0) is 6.42 Å². The Bertz CT molecular complexity index is 488. The first-order valence-corrected chi connectivity index (χ1v) is 6.89. The zero-order chi connectivity index (χ0) is 13.5. The molecule has 0 bridgehead atoms. The van der Waals surface area contributed by atoms with E-state index in [2.05, 4.69) is 36.5 Å². The lowest BCUT2D eigenvalue weighted by Gasteiger charge is -2.07. The second-order valence-electron chi connectivity index (χ2n) is 4.79. The van der Waals surface area contributed by atoms with Crippen LogP contribution in [0.2, 0.25) is 0 Å². The fraction of sp³-hybridized carbons (Fsp3) is 0.294. The number of unbranched alkanes of at least 4 members (excludes halogenated alkanes) is 2. The van der Waals surface area contributed by atoms with Crippen LogP contribution in [0.15, 0.2) is 48.5 Å². The van der Waals surface area contributed by atoms with Gasteiger partial charge >= 0.3 is 0 Å². The minimum atomic E-state index is -0.211. The molecule has 0 aromatic heterocycles. The highest BCUT2D eigenvalue weighted by Crippen LogP contribution is 2.18. The van der Waals surface area contributed by atoms with Crippen molar-refractivity contribution in [2.45, 2.75) is 32.6 Å². The van der Waals surface area contributed by atoms with Crippen LogP contribution in [0, 0.1) is 5.82 Å². The topological polar surface area (TPSA) is 12.0 Å². The van der Waals surface area contributed by atoms with Gasteiger partial charge in [0, 0.05) is 11.4 Å². The molecule has 2 aromatic carbocycles. The summed E-state index contributed by atoms with van der Waals surface area (Å²) in [5.74, 6) is -0.211. The largest absolute Gasteiger partial charge is 0.356 e. The Morgan fingerprint density at radius 3 is 2.00 bits per heavy atom. The number of rotatable bonds is 6. The van der Waals surface area contributed by atoms with Crippen molar-refractivity contribution in [2.24, 2.45) is 0 Å². The molecule has 0 spiro atoms. The highest BCUT2D eigenvalue weighted by molar-refractivity contribution is 5.59. The summed E-state index contributed by atoms with van der Waals surface area (Å²) in [5.41, 5.74) is 3.31. The number of anilines is 2. The van der Waals surface area contributed by atoms with E-state index in [4.69, 9.17) is 0 Å². The molecule has 0 aliphatic rings. The Hall–Kier alpha value is -1.83. The van der Waals surface area contributed by atoms with Gasteiger partial charge in [-0.1, -0.05) is 31.9 Å². The van der Waals surface area contributed by atoms with Crippen molar-refractivity contribution in [1.29, 1.82) is 0 Å². The van der Waals surface area contributed by atoms with Crippen LogP contribution in [0.25, 0.3) is 0 Å². The predicted molar refractivity (Wildman–Crippen MR) is 79.4 cm³/mol. The molecule has 0 radical (unpaired) electrons. The number of hydrogen-bond acceptors (Lipinski definition) is 1. The quantitative estimate of drug-likeness (QED) is 0.692. The molecular formula is C17H20FN. The number of halogens is 1. The molecule has 1 nitrogen and oxygen atoms in total. The van der Waals surface area contributed by atoms with E-state index in [0.717, 1.165) is 17.8 Å². The number of hydrogen-bond donors (Lipinski definition) is 1. The van der Waals surface area contributed by atoms with Crippen LogP contribution >= 0.6 is 0 Å². The molecule has 0 aliphatic carbocycles. The van der Waals surface area contributed by atoms with Crippen molar-refractivity contribution in [2.75, 3.05) is 5.32 Å². The Morgan fingerprint density at radius 2 is 1.42 bits per heavy atom. The molecule has 2 rings (SSSR count). The van der Waals surface area contributed by atoms with Crippen molar-refractivity contribution in [3.8, 4) is 0 Å². The van der Waals surface area contributed by atoms with Gasteiger partial charge in [0.05, 0.1) is 0 Å². The van der Waals surface area contributed by atoms with Gasteiger partial charge < -0.3 is 5.32 Å². The van der Waals surface area contributed by atoms with Crippen LogP contribution in [0.4, 0.5) is 15.8 Å². The predicted octanol–water partition coefficient (Wildman–Crippen LogP) is 5.30. The lowest BCUT2D eigenvalue weighted by atomic mass is 10.1. The fourth-order valence-corrected chi connectivity index (χ4v) is 2.03. The van der Waals surface area contributed by atoms with Gasteiger partial charge in [-0.15, -0.1) is 0 Å². The maximum atomic E-state index is 12.8. The first-order valence-electron chi connectivity index (χ1n) is 6.89. The third-order valence-electron chi connectivity index (χ3n) is 3.16. The van der Waals surface area contributed by atoms with E-state index in [1.54, 1.807) is 12.1 Å². The van der Waals surface area contributed by atoms with Crippen LogP contribution in [0.3, 0.4) is 0 Å². The monoisotopic (exact) mass is 257 g/mol. The average molecular weight is 257 g/mol. The maximum Gasteiger partial charge on any atom is 0.123 e. The summed E-state index contributed by atoms with van der Waals surface area (Å²) in [6, 6.07) is 14.9. The second-order valence-corrected chi connectivity index (χ2v) is 4.79. The number of nitrogens with one attached hydrogen (secondary N) is 1. The zero-order valence-electron chi connectivity index (χ0n) is 11.3. The first kappa shape index (κ1) is 13.6. The van der Waals surface area contributed by atoms with Crippen molar-refractivity contribution >= 4 is 11.4 Å². The Labute approximate surface area is 114 Å². The van der Waals surface area contributed by atoms with E-state index in [1.165, 1.54) is 37.0 Å². The van der Waals surface area contributed by atoms with Gasteiger partial charge in [-0.2, -0.15) is 0 Å². The van der Waals surface area contributed by atoms with E-state index < -0.39 is 0 Å². The summed E-state index contributed by atoms with van der Waals surface area (Å²) in [4.78, 5) is 0. The van der Waals surface area contributed by atoms with Crippen LogP contribution in [0.5, 0.6) is 0 Å². The smallest absolute Gasteiger partial charge is 0.123 e. The maximum absolute atomic E-state index is 12.8. The summed E-state index contributed by atoms with van der Waals surface area (Å²) >= 11 is 0. The number of aryl methyl sites for hydroxylation is 1. The summed E-state index contributed by atoms with van der Waals surface area (Å²) in [6.45, 7) is 2.22. The Kier molecular flexibility index (Phi) is 4.96. The minimum absolute atomic E-state index is 0.211. The second kappa shape index (κ2) is 6.93. The van der Waals surface area contributed by atoms with Crippen LogP contribution in [-0.4, -0.2) is 0 Å². The molecule has 0 amide bonds. The van der Waals surface area contributed by atoms with E-state index >= 15 is 0 Å². The lowest BCUT2D eigenvalue weighted by Crippen LogP contribution is -1.91. The van der Waals surface area contributed by atoms with Crippen LogP contribution < -0.4 is 5.32 Å². The highest BCUT2D eigenvalue weighted by Gasteiger charge is 1.97. The van der Waals surface area contributed by atoms with Gasteiger partial charge in [0.25, 0.3) is 0 Å².